The molecule has 0 saturated heterocycles. The lowest BCUT2D eigenvalue weighted by Gasteiger charge is -2.33. The molecule has 3 aliphatic carbocycles. The molecule has 5 aliphatic rings. The minimum atomic E-state index is -0.857. The maximum Gasteiger partial charge on any atom is 0.201 e. The van der Waals surface area contributed by atoms with E-state index in [1.807, 2.05) is 0 Å². The Balaban J connectivity index is 1.23. The predicted molar refractivity (Wildman–Crippen MR) is 200 cm³/mol. The zero-order chi connectivity index (χ0) is 33.8. The van der Waals surface area contributed by atoms with Crippen molar-refractivity contribution >= 4 is 33.3 Å². The van der Waals surface area contributed by atoms with Crippen LogP contribution in [-0.2, 0) is 35.2 Å². The van der Waals surface area contributed by atoms with Crippen molar-refractivity contribution in [2.45, 2.75) is 50.0 Å². The smallest absolute Gasteiger partial charge is 0.201 e. The second-order valence-electron chi connectivity index (χ2n) is 14.6. The van der Waals surface area contributed by atoms with E-state index in [-0.39, 0.29) is 24.3 Å². The third-order valence-corrected chi connectivity index (χ3v) is 12.0. The van der Waals surface area contributed by atoms with E-state index in [1.165, 1.54) is 33.0 Å². The lowest BCUT2D eigenvalue weighted by atomic mass is 9.76. The third kappa shape index (κ3) is 4.04. The van der Waals surface area contributed by atoms with Crippen molar-refractivity contribution in [1.29, 1.82) is 0 Å². The number of nitrogens with zero attached hydrogens (tertiary/aromatic N) is 2. The molecule has 6 aromatic carbocycles. The van der Waals surface area contributed by atoms with Crippen LogP contribution < -0.4 is 9.47 Å². The fourth-order valence-electron chi connectivity index (χ4n) is 9.74. The van der Waals surface area contributed by atoms with Gasteiger partial charge in [0.05, 0.1) is 14.2 Å². The van der Waals surface area contributed by atoms with Gasteiger partial charge < -0.3 is 18.9 Å². The highest BCUT2D eigenvalue weighted by molar-refractivity contribution is 6.13. The van der Waals surface area contributed by atoms with Gasteiger partial charge in [-0.25, -0.2) is 9.98 Å². The topological polar surface area (TPSA) is 61.6 Å². The minimum Gasteiger partial charge on any atom is -0.496 e. The molecule has 0 bridgehead atoms. The van der Waals surface area contributed by atoms with Crippen LogP contribution in [0.4, 0.5) is 0 Å². The van der Waals surface area contributed by atoms with E-state index in [4.69, 9.17) is 28.9 Å². The summed E-state index contributed by atoms with van der Waals surface area (Å²) in [7, 11) is 3.55. The number of ether oxygens (including phenoxy) is 4. The summed E-state index contributed by atoms with van der Waals surface area (Å²) in [6.07, 6.45) is 2.59. The van der Waals surface area contributed by atoms with Crippen LogP contribution in [-0.4, -0.2) is 38.2 Å². The molecule has 2 aliphatic heterocycles. The minimum absolute atomic E-state index is 0.0734. The van der Waals surface area contributed by atoms with Gasteiger partial charge in [-0.3, -0.25) is 0 Å². The molecule has 6 heteroatoms. The largest absolute Gasteiger partial charge is 0.496 e. The molecule has 0 amide bonds. The van der Waals surface area contributed by atoms with Crippen LogP contribution in [0.1, 0.15) is 45.5 Å². The van der Waals surface area contributed by atoms with E-state index >= 15 is 0 Å². The fourth-order valence-corrected chi connectivity index (χ4v) is 9.74. The number of methoxy groups -OCH3 is 2. The van der Waals surface area contributed by atoms with E-state index in [2.05, 4.69) is 109 Å². The van der Waals surface area contributed by atoms with Gasteiger partial charge in [-0.05, 0) is 67.1 Å². The molecule has 0 N–H and O–H groups in total. The van der Waals surface area contributed by atoms with Crippen LogP contribution in [0, 0.1) is 5.41 Å². The Labute approximate surface area is 296 Å². The molecule has 250 valence electrons. The molecule has 0 fully saturated rings. The number of benzene rings is 6. The van der Waals surface area contributed by atoms with Crippen molar-refractivity contribution in [2.24, 2.45) is 15.4 Å². The summed E-state index contributed by atoms with van der Waals surface area (Å²) in [5.41, 5.74) is 8.76. The van der Waals surface area contributed by atoms with Crippen LogP contribution in [0.25, 0.3) is 32.7 Å². The molecule has 0 aromatic heterocycles. The first-order valence-corrected chi connectivity index (χ1v) is 18.0. The number of hydrogen-bond acceptors (Lipinski definition) is 6. The Hall–Kier alpha value is -5.62. The first-order valence-electron chi connectivity index (χ1n) is 18.0. The van der Waals surface area contributed by atoms with E-state index in [0.29, 0.717) is 24.6 Å². The Morgan fingerprint density at radius 2 is 1.00 bits per heavy atom. The highest BCUT2D eigenvalue weighted by atomic mass is 16.5. The Morgan fingerprint density at radius 1 is 0.569 bits per heavy atom. The number of rotatable bonds is 4. The van der Waals surface area contributed by atoms with Crippen LogP contribution in [0.2, 0.25) is 0 Å². The molecule has 2 heterocycles. The van der Waals surface area contributed by atoms with Gasteiger partial charge in [-0.2, -0.15) is 0 Å². The van der Waals surface area contributed by atoms with Crippen LogP contribution in [0.15, 0.2) is 119 Å². The third-order valence-electron chi connectivity index (χ3n) is 12.0. The number of aliphatic imine (C=N–C) groups is 2. The van der Waals surface area contributed by atoms with Crippen LogP contribution in [0.5, 0.6) is 11.5 Å². The first kappa shape index (κ1) is 29.1. The average Bonchev–Trinajstić information content (AvgIpc) is 3.92. The van der Waals surface area contributed by atoms with Gasteiger partial charge >= 0.3 is 0 Å². The monoisotopic (exact) mass is 668 g/mol. The van der Waals surface area contributed by atoms with Gasteiger partial charge in [0.2, 0.25) is 11.8 Å². The predicted octanol–water partition coefficient (Wildman–Crippen LogP) is 8.95. The summed E-state index contributed by atoms with van der Waals surface area (Å²) >= 11 is 0. The molecule has 6 aromatic rings. The van der Waals surface area contributed by atoms with Gasteiger partial charge in [0.15, 0.2) is 0 Å². The molecular weight excluding hydrogens is 633 g/mol. The molecule has 11 rings (SSSR count). The van der Waals surface area contributed by atoms with E-state index in [0.717, 1.165) is 57.4 Å². The summed E-state index contributed by atoms with van der Waals surface area (Å²) in [5.74, 6) is 3.06. The van der Waals surface area contributed by atoms with Crippen molar-refractivity contribution in [2.75, 3.05) is 14.2 Å². The molecule has 0 radical (unpaired) electrons. The standard InChI is InChI=1S/C45H36N2O4/c1-48-35-19-25-11-3-7-15-29(25)39-33(35)23-45(43-46-41-31-17-9-5-13-27(31)21-37(41)50-43,44-47-42-32-18-10-6-14-28(32)22-38(42)51-44)24-34-36(49-2)20-26-12-4-8-16-30(26)40(34)39/h3-20,37-38,41-42H,21-24H2,1-2H3/t37-,38-,41+,42+/m0/s1. The summed E-state index contributed by atoms with van der Waals surface area (Å²) < 4.78 is 26.9. The molecule has 4 atom stereocenters. The number of fused-ring (bicyclic) bond motifs is 13. The highest BCUT2D eigenvalue weighted by Gasteiger charge is 2.56. The van der Waals surface area contributed by atoms with Gasteiger partial charge in [-0.15, -0.1) is 0 Å². The van der Waals surface area contributed by atoms with Gasteiger partial charge in [0, 0.05) is 36.8 Å². The van der Waals surface area contributed by atoms with Gasteiger partial charge in [0.25, 0.3) is 0 Å². The normalized spacial score (nSPS) is 23.1. The Bertz CT molecular complexity index is 2340. The van der Waals surface area contributed by atoms with Crippen molar-refractivity contribution < 1.29 is 18.9 Å². The van der Waals surface area contributed by atoms with Gasteiger partial charge in [0.1, 0.15) is 41.2 Å². The van der Waals surface area contributed by atoms with Crippen molar-refractivity contribution in [1.82, 2.24) is 0 Å². The summed E-state index contributed by atoms with van der Waals surface area (Å²) in [6, 6.07) is 38.7. The second-order valence-corrected chi connectivity index (χ2v) is 14.6. The molecule has 0 spiro atoms. The van der Waals surface area contributed by atoms with E-state index in [9.17, 15) is 0 Å². The van der Waals surface area contributed by atoms with Gasteiger partial charge in [-0.1, -0.05) is 97.1 Å². The highest BCUT2D eigenvalue weighted by Crippen LogP contribution is 2.56. The summed E-state index contributed by atoms with van der Waals surface area (Å²) in [5, 5.41) is 4.59. The molecular formula is C45H36N2O4. The lowest BCUT2D eigenvalue weighted by molar-refractivity contribution is 0.162. The number of hydrogen-bond donors (Lipinski definition) is 0. The van der Waals surface area contributed by atoms with E-state index in [1.54, 1.807) is 14.2 Å². The quantitative estimate of drug-likeness (QED) is 0.188. The SMILES string of the molecule is COc1cc2ccccc2c2c1CC(C1=N[C@@H]3c4ccccc4C[C@@H]3O1)(C1=N[C@@H]3c4ccccc4C[C@@H]3O1)Cc1c(OC)cc3ccccc3c1-2. The Morgan fingerprint density at radius 3 is 1.47 bits per heavy atom. The fraction of sp³-hybridized carbons (Fsp3) is 0.244. The molecule has 0 unspecified atom stereocenters. The maximum atomic E-state index is 7.13. The van der Waals surface area contributed by atoms with Crippen molar-refractivity contribution in [3.05, 3.63) is 143 Å². The second kappa shape index (κ2) is 10.7. The lowest BCUT2D eigenvalue weighted by Crippen LogP contribution is -2.45. The molecule has 51 heavy (non-hydrogen) atoms. The zero-order valence-electron chi connectivity index (χ0n) is 28.6. The maximum absolute atomic E-state index is 7.13. The average molecular weight is 669 g/mol. The molecule has 6 nitrogen and oxygen atoms in total. The zero-order valence-corrected chi connectivity index (χ0v) is 28.6. The van der Waals surface area contributed by atoms with E-state index < -0.39 is 5.41 Å². The Kier molecular flexibility index (Phi) is 6.11. The van der Waals surface area contributed by atoms with Crippen molar-refractivity contribution in [3.63, 3.8) is 0 Å². The molecule has 0 saturated carbocycles. The van der Waals surface area contributed by atoms with Crippen LogP contribution in [0.3, 0.4) is 0 Å². The summed E-state index contributed by atoms with van der Waals surface area (Å²) in [6.45, 7) is 0. The summed E-state index contributed by atoms with van der Waals surface area (Å²) in [4.78, 5) is 11.1. The first-order chi connectivity index (χ1) is 25.1. The van der Waals surface area contributed by atoms with Crippen molar-refractivity contribution in [3.8, 4) is 22.6 Å². The van der Waals surface area contributed by atoms with Crippen LogP contribution >= 0.6 is 0 Å².